The van der Waals surface area contributed by atoms with E-state index in [4.69, 9.17) is 9.72 Å². The molecular formula is C59H51F2N4OPt-3. The van der Waals surface area contributed by atoms with Gasteiger partial charge in [0.25, 0.3) is 0 Å². The van der Waals surface area contributed by atoms with Crippen molar-refractivity contribution in [3.05, 3.63) is 199 Å². The maximum absolute atomic E-state index is 14.5. The van der Waals surface area contributed by atoms with Crippen molar-refractivity contribution in [3.63, 3.8) is 0 Å². The Hall–Kier alpha value is -6.56. The molecule has 0 spiro atoms. The Morgan fingerprint density at radius 1 is 0.627 bits per heavy atom. The number of ether oxygens (including phenoxy) is 1. The van der Waals surface area contributed by atoms with E-state index in [1.807, 2.05) is 69.2 Å². The van der Waals surface area contributed by atoms with E-state index in [1.165, 1.54) is 29.8 Å². The molecule has 340 valence electrons. The summed E-state index contributed by atoms with van der Waals surface area (Å²) in [5, 5.41) is 2.11. The Labute approximate surface area is 408 Å². The number of anilines is 4. The number of benzene rings is 7. The second kappa shape index (κ2) is 17.6. The normalized spacial score (nSPS) is 13.2. The van der Waals surface area contributed by atoms with E-state index in [0.717, 1.165) is 78.1 Å². The summed E-state index contributed by atoms with van der Waals surface area (Å²) in [6.07, 6.45) is 1.87. The predicted octanol–water partition coefficient (Wildman–Crippen LogP) is 16.3. The largest absolute Gasteiger partial charge is 0.509 e. The van der Waals surface area contributed by atoms with Gasteiger partial charge in [-0.2, -0.15) is 6.07 Å². The van der Waals surface area contributed by atoms with Crippen LogP contribution in [0.3, 0.4) is 0 Å². The van der Waals surface area contributed by atoms with Crippen LogP contribution in [0.5, 0.6) is 11.5 Å². The molecule has 0 atom stereocenters. The second-order valence-corrected chi connectivity index (χ2v) is 19.3. The zero-order chi connectivity index (χ0) is 47.0. The van der Waals surface area contributed by atoms with Crippen molar-refractivity contribution in [1.29, 1.82) is 0 Å². The Balaban J connectivity index is 0.00000578. The SMILES string of the molecule is [2H]C(C)(C)c1cc(Oc2[c-]c3c(cc2)c2ccccc2n3-c2cc(C(C)(C)C)ccn2)[c-]c(N2[CH-]N(c3c(-c4ccc(F)cc4)cc(C(C)(C)C)cc3-c3ccc(F)cc3)c3ccccc32)c1.[Pt]. The van der Waals surface area contributed by atoms with Gasteiger partial charge in [0.2, 0.25) is 0 Å². The fraction of sp³-hybridized carbons (Fsp3) is 0.186. The molecule has 67 heavy (non-hydrogen) atoms. The van der Waals surface area contributed by atoms with Gasteiger partial charge in [-0.3, -0.25) is 0 Å². The standard InChI is InChI=1S/C59H51F2N4O.Pt/c1-37(2)40-29-45(34-47(30-40)66-46-25-26-49-48-13-9-10-14-52(48)65(55(49)35-46)56-33-41(27-28-62-56)58(3,4)5)63-36-64(54-16-12-11-15-53(54)63)57-50(38-17-21-43(60)22-18-38)31-42(59(6,7)8)32-51(57)39-19-23-44(61)24-20-39;/h9-33,36-37H,1-8H3;/q-3;/i37D;. The van der Waals surface area contributed by atoms with Crippen LogP contribution in [0.1, 0.15) is 79.3 Å². The van der Waals surface area contributed by atoms with Crippen LogP contribution in [0.15, 0.2) is 152 Å². The van der Waals surface area contributed by atoms with Gasteiger partial charge in [-0.15, -0.1) is 53.6 Å². The van der Waals surface area contributed by atoms with Crippen LogP contribution in [0, 0.1) is 30.4 Å². The van der Waals surface area contributed by atoms with Gasteiger partial charge in [0.05, 0.1) is 0 Å². The molecule has 0 saturated heterocycles. The zero-order valence-electron chi connectivity index (χ0n) is 39.8. The van der Waals surface area contributed by atoms with Gasteiger partial charge in [0.1, 0.15) is 17.5 Å². The molecule has 0 aliphatic carbocycles. The molecule has 2 aromatic heterocycles. The molecule has 1 aliphatic heterocycles. The molecule has 9 aromatic rings. The van der Waals surface area contributed by atoms with Gasteiger partial charge in [0.15, 0.2) is 0 Å². The number of rotatable bonds is 8. The molecule has 3 heterocycles. The number of halogens is 2. The molecule has 0 saturated carbocycles. The molecule has 0 amide bonds. The summed E-state index contributed by atoms with van der Waals surface area (Å²) in [7, 11) is 0. The molecule has 0 N–H and O–H groups in total. The molecule has 0 unspecified atom stereocenters. The van der Waals surface area contributed by atoms with Crippen molar-refractivity contribution in [2.75, 3.05) is 9.80 Å². The third-order valence-corrected chi connectivity index (χ3v) is 12.4. The number of pyridine rings is 1. The molecule has 7 aromatic carbocycles. The Bertz CT molecular complexity index is 3280. The Morgan fingerprint density at radius 2 is 1.22 bits per heavy atom. The first-order chi connectivity index (χ1) is 31.9. The predicted molar refractivity (Wildman–Crippen MR) is 267 cm³/mol. The summed E-state index contributed by atoms with van der Waals surface area (Å²) in [4.78, 5) is 9.06. The summed E-state index contributed by atoms with van der Waals surface area (Å²) in [6, 6.07) is 53.2. The van der Waals surface area contributed by atoms with Gasteiger partial charge in [-0.1, -0.05) is 116 Å². The number of fused-ring (bicyclic) bond motifs is 4. The van der Waals surface area contributed by atoms with Crippen molar-refractivity contribution < 1.29 is 36.0 Å². The maximum atomic E-state index is 14.5. The molecule has 8 heteroatoms. The van der Waals surface area contributed by atoms with Crippen molar-refractivity contribution in [3.8, 4) is 39.6 Å². The molecule has 0 radical (unpaired) electrons. The fourth-order valence-corrected chi connectivity index (χ4v) is 8.81. The third kappa shape index (κ3) is 8.66. The van der Waals surface area contributed by atoms with Crippen LogP contribution in [-0.4, -0.2) is 9.55 Å². The average Bonchev–Trinajstić information content (AvgIpc) is 3.84. The average molecular weight is 1070 g/mol. The minimum atomic E-state index is -1.00. The second-order valence-electron chi connectivity index (χ2n) is 19.3. The van der Waals surface area contributed by atoms with E-state index in [2.05, 4.69) is 123 Å². The van der Waals surface area contributed by atoms with Crippen LogP contribution in [0.25, 0.3) is 49.9 Å². The number of hydrogen-bond donors (Lipinski definition) is 0. The van der Waals surface area contributed by atoms with Crippen LogP contribution >= 0.6 is 0 Å². The molecule has 10 rings (SSSR count). The van der Waals surface area contributed by atoms with E-state index in [-0.39, 0.29) is 43.5 Å². The summed E-state index contributed by atoms with van der Waals surface area (Å²) >= 11 is 0. The Kier molecular flexibility index (Phi) is 11.6. The zero-order valence-corrected chi connectivity index (χ0v) is 41.1. The van der Waals surface area contributed by atoms with Gasteiger partial charge in [0, 0.05) is 73.8 Å². The van der Waals surface area contributed by atoms with Crippen molar-refractivity contribution in [2.24, 2.45) is 0 Å². The molecule has 0 bridgehead atoms. The number of nitrogens with zero attached hydrogens (tertiary/aromatic N) is 4. The smallest absolute Gasteiger partial charge is 0.135 e. The van der Waals surface area contributed by atoms with Crippen molar-refractivity contribution in [2.45, 2.75) is 72.1 Å². The number of para-hydroxylation sites is 3. The van der Waals surface area contributed by atoms with Gasteiger partial charge < -0.3 is 19.1 Å². The minimum Gasteiger partial charge on any atom is -0.509 e. The van der Waals surface area contributed by atoms with Crippen molar-refractivity contribution in [1.82, 2.24) is 9.55 Å². The van der Waals surface area contributed by atoms with E-state index >= 15 is 0 Å². The quantitative estimate of drug-likeness (QED) is 0.142. The van der Waals surface area contributed by atoms with Crippen LogP contribution in [0.4, 0.5) is 31.5 Å². The van der Waals surface area contributed by atoms with E-state index in [0.29, 0.717) is 17.2 Å². The molecule has 0 fully saturated rings. The minimum absolute atomic E-state index is 0. The first-order valence-electron chi connectivity index (χ1n) is 22.8. The first-order valence-corrected chi connectivity index (χ1v) is 22.3. The van der Waals surface area contributed by atoms with E-state index in [9.17, 15) is 10.2 Å². The summed E-state index contributed by atoms with van der Waals surface area (Å²) < 4.78 is 47.2. The van der Waals surface area contributed by atoms with Crippen molar-refractivity contribution >= 4 is 44.6 Å². The maximum Gasteiger partial charge on any atom is 0.135 e. The number of hydrogen-bond acceptors (Lipinski definition) is 4. The summed E-state index contributed by atoms with van der Waals surface area (Å²) in [5.41, 5.74) is 11.2. The molecule has 5 nitrogen and oxygen atoms in total. The third-order valence-electron chi connectivity index (χ3n) is 12.4. The summed E-state index contributed by atoms with van der Waals surface area (Å²) in [5.74, 6) is 0.0631. The number of aromatic nitrogens is 2. The van der Waals surface area contributed by atoms with Crippen LogP contribution in [-0.2, 0) is 31.9 Å². The Morgan fingerprint density at radius 3 is 1.84 bits per heavy atom. The summed E-state index contributed by atoms with van der Waals surface area (Å²) in [6.45, 7) is 18.8. The topological polar surface area (TPSA) is 33.5 Å². The first kappa shape index (κ1) is 44.3. The van der Waals surface area contributed by atoms with Crippen LogP contribution in [0.2, 0.25) is 0 Å². The van der Waals surface area contributed by atoms with Gasteiger partial charge in [-0.05, 0) is 111 Å². The van der Waals surface area contributed by atoms with E-state index < -0.39 is 5.89 Å². The van der Waals surface area contributed by atoms with Gasteiger partial charge >= 0.3 is 0 Å². The van der Waals surface area contributed by atoms with Crippen LogP contribution < -0.4 is 14.5 Å². The molecule has 1 aliphatic rings. The molecular weight excluding hydrogens is 1010 g/mol. The van der Waals surface area contributed by atoms with E-state index in [1.54, 1.807) is 24.3 Å². The van der Waals surface area contributed by atoms with Gasteiger partial charge in [-0.25, -0.2) is 13.8 Å². The monoisotopic (exact) mass is 1070 g/mol. The fourth-order valence-electron chi connectivity index (χ4n) is 8.81.